The van der Waals surface area contributed by atoms with E-state index in [0.717, 1.165) is 6.42 Å². The Labute approximate surface area is 168 Å². The van der Waals surface area contributed by atoms with Crippen molar-refractivity contribution >= 4 is 17.5 Å². The van der Waals surface area contributed by atoms with Crippen LogP contribution in [-0.2, 0) is 16.0 Å². The fourth-order valence-electron chi connectivity index (χ4n) is 3.84. The monoisotopic (exact) mass is 398 g/mol. The number of nitrogens with zero attached hydrogens (tertiary/aromatic N) is 4. The van der Waals surface area contributed by atoms with Crippen LogP contribution in [0.15, 0.2) is 36.7 Å². The normalized spacial score (nSPS) is 18.9. The van der Waals surface area contributed by atoms with Crippen LogP contribution in [0.1, 0.15) is 35.9 Å². The Morgan fingerprint density at radius 1 is 1.24 bits per heavy atom. The van der Waals surface area contributed by atoms with E-state index in [2.05, 4.69) is 9.97 Å². The van der Waals surface area contributed by atoms with Crippen molar-refractivity contribution in [2.24, 2.45) is 0 Å². The Balaban J connectivity index is 1.43. The second-order valence-corrected chi connectivity index (χ2v) is 7.47. The van der Waals surface area contributed by atoms with E-state index >= 15 is 0 Å². The van der Waals surface area contributed by atoms with E-state index in [9.17, 15) is 14.0 Å². The van der Waals surface area contributed by atoms with E-state index < -0.39 is 5.60 Å². The highest BCUT2D eigenvalue weighted by Gasteiger charge is 2.43. The number of likely N-dealkylation sites (tertiary alicyclic amines) is 1. The van der Waals surface area contributed by atoms with Gasteiger partial charge >= 0.3 is 0 Å². The lowest BCUT2D eigenvalue weighted by atomic mass is 9.88. The largest absolute Gasteiger partial charge is 0.363 e. The molecule has 29 heavy (non-hydrogen) atoms. The van der Waals surface area contributed by atoms with Crippen LogP contribution in [-0.4, -0.2) is 58.5 Å². The van der Waals surface area contributed by atoms with Crippen LogP contribution >= 0.6 is 0 Å². The molecule has 0 N–H and O–H groups in total. The number of ether oxygens (including phenoxy) is 1. The van der Waals surface area contributed by atoms with Gasteiger partial charge in [0.15, 0.2) is 0 Å². The summed E-state index contributed by atoms with van der Waals surface area (Å²) >= 11 is 0. The minimum atomic E-state index is -0.528. The number of aryl methyl sites for hydroxylation is 1. The van der Waals surface area contributed by atoms with Crippen molar-refractivity contribution in [1.29, 1.82) is 0 Å². The van der Waals surface area contributed by atoms with Crippen LogP contribution in [0, 0.1) is 5.82 Å². The van der Waals surface area contributed by atoms with Gasteiger partial charge in [0.05, 0.1) is 17.7 Å². The molecule has 0 aliphatic carbocycles. The molecule has 2 amide bonds. The van der Waals surface area contributed by atoms with Gasteiger partial charge in [-0.15, -0.1) is 0 Å². The molecule has 1 aromatic carbocycles. The molecule has 7 nitrogen and oxygen atoms in total. The summed E-state index contributed by atoms with van der Waals surface area (Å²) in [5.74, 6) is 0.0358. The number of amides is 2. The van der Waals surface area contributed by atoms with E-state index in [1.54, 1.807) is 34.3 Å². The number of anilines is 1. The van der Waals surface area contributed by atoms with Crippen LogP contribution < -0.4 is 4.90 Å². The van der Waals surface area contributed by atoms with Gasteiger partial charge in [0.25, 0.3) is 11.8 Å². The molecule has 1 aromatic heterocycles. The van der Waals surface area contributed by atoms with Crippen LogP contribution in [0.3, 0.4) is 0 Å². The molecule has 152 valence electrons. The summed E-state index contributed by atoms with van der Waals surface area (Å²) in [6.07, 6.45) is 5.07. The first-order valence-corrected chi connectivity index (χ1v) is 9.80. The number of carbonyl (C=O) groups excluding carboxylic acids is 2. The number of aromatic nitrogens is 2. The maximum absolute atomic E-state index is 13.6. The highest BCUT2D eigenvalue weighted by molar-refractivity contribution is 5.95. The molecule has 0 radical (unpaired) electrons. The summed E-state index contributed by atoms with van der Waals surface area (Å²) in [5.41, 5.74) is 0.475. The van der Waals surface area contributed by atoms with Crippen LogP contribution in [0.4, 0.5) is 10.1 Å². The molecule has 0 atom stereocenters. The summed E-state index contributed by atoms with van der Waals surface area (Å²) in [6, 6.07) is 6.02. The quantitative estimate of drug-likeness (QED) is 0.793. The molecule has 0 saturated carbocycles. The number of benzene rings is 1. The smallest absolute Gasteiger partial charge is 0.256 e. The molecule has 2 aliphatic heterocycles. The average Bonchev–Trinajstić information content (AvgIpc) is 2.76. The number of halogens is 1. The van der Waals surface area contributed by atoms with Crippen molar-refractivity contribution < 1.29 is 18.7 Å². The zero-order valence-corrected chi connectivity index (χ0v) is 16.3. The second kappa shape index (κ2) is 7.87. The van der Waals surface area contributed by atoms with Crippen molar-refractivity contribution in [3.05, 3.63) is 53.9 Å². The minimum absolute atomic E-state index is 0.0449. The third-order valence-corrected chi connectivity index (χ3v) is 5.60. The highest BCUT2D eigenvalue weighted by atomic mass is 19.1. The van der Waals surface area contributed by atoms with Gasteiger partial charge in [-0.1, -0.05) is 13.0 Å². The number of piperidine rings is 1. The first kappa shape index (κ1) is 19.4. The molecular weight excluding hydrogens is 375 g/mol. The standard InChI is InChI=1S/C21H23FN4O3/c1-2-18-23-11-15(12-24-18)20(28)25-8-6-21(7-9-25)14-26(19(27)13-29-21)17-5-3-4-16(22)10-17/h3-5,10-12H,2,6-9,13-14H2,1H3. The molecular formula is C21H23FN4O3. The van der Waals surface area contributed by atoms with E-state index in [4.69, 9.17) is 4.74 Å². The molecule has 2 saturated heterocycles. The number of hydrogen-bond acceptors (Lipinski definition) is 5. The molecule has 2 aromatic rings. The van der Waals surface area contributed by atoms with Crippen LogP contribution in [0.2, 0.25) is 0 Å². The molecule has 1 spiro atoms. The Morgan fingerprint density at radius 3 is 2.62 bits per heavy atom. The van der Waals surface area contributed by atoms with Gasteiger partial charge in [0, 0.05) is 37.6 Å². The van der Waals surface area contributed by atoms with Crippen molar-refractivity contribution in [2.45, 2.75) is 31.8 Å². The van der Waals surface area contributed by atoms with E-state index in [0.29, 0.717) is 49.6 Å². The van der Waals surface area contributed by atoms with Crippen molar-refractivity contribution in [3.63, 3.8) is 0 Å². The van der Waals surface area contributed by atoms with Crippen molar-refractivity contribution in [2.75, 3.05) is 31.1 Å². The van der Waals surface area contributed by atoms with Gasteiger partial charge in [-0.05, 0) is 31.0 Å². The van der Waals surface area contributed by atoms with Gasteiger partial charge in [-0.3, -0.25) is 9.59 Å². The van der Waals surface area contributed by atoms with E-state index in [-0.39, 0.29) is 24.2 Å². The Hall–Kier alpha value is -2.87. The average molecular weight is 398 g/mol. The number of rotatable bonds is 3. The number of morpholine rings is 1. The lowest BCUT2D eigenvalue weighted by molar-refractivity contribution is -0.143. The van der Waals surface area contributed by atoms with Gasteiger partial charge < -0.3 is 14.5 Å². The lowest BCUT2D eigenvalue weighted by Crippen LogP contribution is -2.59. The molecule has 4 rings (SSSR count). The third kappa shape index (κ3) is 3.98. The maximum atomic E-state index is 13.6. The highest BCUT2D eigenvalue weighted by Crippen LogP contribution is 2.33. The molecule has 2 fully saturated rings. The molecule has 3 heterocycles. The lowest BCUT2D eigenvalue weighted by Gasteiger charge is -2.46. The molecule has 0 unspecified atom stereocenters. The van der Waals surface area contributed by atoms with E-state index in [1.807, 2.05) is 6.92 Å². The van der Waals surface area contributed by atoms with Crippen molar-refractivity contribution in [1.82, 2.24) is 14.9 Å². The number of hydrogen-bond donors (Lipinski definition) is 0. The number of carbonyl (C=O) groups is 2. The summed E-state index contributed by atoms with van der Waals surface area (Å²) in [4.78, 5) is 36.8. The van der Waals surface area contributed by atoms with Crippen LogP contribution in [0.5, 0.6) is 0 Å². The Bertz CT molecular complexity index is 910. The SMILES string of the molecule is CCc1ncc(C(=O)N2CCC3(CC2)CN(c2cccc(F)c2)C(=O)CO3)cn1. The third-order valence-electron chi connectivity index (χ3n) is 5.60. The predicted octanol–water partition coefficient (Wildman–Crippen LogP) is 2.22. The van der Waals surface area contributed by atoms with Gasteiger partial charge in [-0.25, -0.2) is 14.4 Å². The Kier molecular flexibility index (Phi) is 5.27. The van der Waals surface area contributed by atoms with Gasteiger partial charge in [0.2, 0.25) is 0 Å². The summed E-state index contributed by atoms with van der Waals surface area (Å²) < 4.78 is 19.5. The van der Waals surface area contributed by atoms with E-state index in [1.165, 1.54) is 12.1 Å². The minimum Gasteiger partial charge on any atom is -0.363 e. The second-order valence-electron chi connectivity index (χ2n) is 7.47. The van der Waals surface area contributed by atoms with Crippen molar-refractivity contribution in [3.8, 4) is 0 Å². The molecule has 2 aliphatic rings. The molecule has 0 bridgehead atoms. The first-order valence-electron chi connectivity index (χ1n) is 9.80. The first-order chi connectivity index (χ1) is 14.0. The topological polar surface area (TPSA) is 75.6 Å². The summed E-state index contributed by atoms with van der Waals surface area (Å²) in [6.45, 7) is 3.30. The fraction of sp³-hybridized carbons (Fsp3) is 0.429. The maximum Gasteiger partial charge on any atom is 0.256 e. The van der Waals surface area contributed by atoms with Gasteiger partial charge in [0.1, 0.15) is 18.2 Å². The van der Waals surface area contributed by atoms with Crippen LogP contribution in [0.25, 0.3) is 0 Å². The molecule has 8 heteroatoms. The van der Waals surface area contributed by atoms with Gasteiger partial charge in [-0.2, -0.15) is 0 Å². The zero-order chi connectivity index (χ0) is 20.4. The fourth-order valence-corrected chi connectivity index (χ4v) is 3.84. The Morgan fingerprint density at radius 2 is 1.97 bits per heavy atom. The summed E-state index contributed by atoms with van der Waals surface area (Å²) in [7, 11) is 0. The predicted molar refractivity (Wildman–Crippen MR) is 104 cm³/mol. The summed E-state index contributed by atoms with van der Waals surface area (Å²) in [5, 5.41) is 0. The zero-order valence-electron chi connectivity index (χ0n) is 16.3.